The van der Waals surface area contributed by atoms with Crippen molar-refractivity contribution >= 4 is 29.7 Å². The third-order valence-corrected chi connectivity index (χ3v) is 5.21. The average Bonchev–Trinajstić information content (AvgIpc) is 2.95. The van der Waals surface area contributed by atoms with Crippen LogP contribution in [-0.4, -0.2) is 24.0 Å². The number of hydrogen-bond acceptors (Lipinski definition) is 4. The Balaban J connectivity index is 0.00000192. The predicted octanol–water partition coefficient (Wildman–Crippen LogP) is 3.16. The molecule has 2 aromatic rings. The summed E-state index contributed by atoms with van der Waals surface area (Å²) in [5.74, 6) is 0.261. The van der Waals surface area contributed by atoms with E-state index in [1.54, 1.807) is 11.3 Å². The van der Waals surface area contributed by atoms with Crippen molar-refractivity contribution in [2.24, 2.45) is 5.92 Å². The molecule has 124 valence electrons. The third kappa shape index (κ3) is 4.53. The fraction of sp³-hybridized carbons (Fsp3) is 0.412. The number of nitrogens with zero attached hydrogens (tertiary/aromatic N) is 1. The maximum atomic E-state index is 12.2. The maximum Gasteiger partial charge on any atom is 0.224 e. The molecular formula is C17H22ClN3OS. The molecule has 3 rings (SSSR count). The Morgan fingerprint density at radius 1 is 1.39 bits per heavy atom. The van der Waals surface area contributed by atoms with Gasteiger partial charge in [0.1, 0.15) is 5.01 Å². The van der Waals surface area contributed by atoms with Crippen molar-refractivity contribution in [1.29, 1.82) is 0 Å². The van der Waals surface area contributed by atoms with Crippen LogP contribution < -0.4 is 10.6 Å². The average molecular weight is 352 g/mol. The van der Waals surface area contributed by atoms with Crippen LogP contribution in [-0.2, 0) is 11.3 Å². The van der Waals surface area contributed by atoms with E-state index in [-0.39, 0.29) is 24.2 Å². The molecule has 1 aliphatic heterocycles. The molecule has 0 bridgehead atoms. The number of amides is 1. The lowest BCUT2D eigenvalue weighted by molar-refractivity contribution is -0.125. The number of carbonyl (C=O) groups excluding carboxylic acids is 1. The number of hydrogen-bond donors (Lipinski definition) is 2. The summed E-state index contributed by atoms with van der Waals surface area (Å²) in [4.78, 5) is 18.0. The van der Waals surface area contributed by atoms with Crippen LogP contribution in [0.2, 0.25) is 0 Å². The zero-order valence-corrected chi connectivity index (χ0v) is 14.8. The Hall–Kier alpha value is -1.43. The molecule has 1 unspecified atom stereocenters. The van der Waals surface area contributed by atoms with Crippen LogP contribution in [0, 0.1) is 12.8 Å². The van der Waals surface area contributed by atoms with Gasteiger partial charge in [-0.3, -0.25) is 4.79 Å². The van der Waals surface area contributed by atoms with Crippen LogP contribution in [0.1, 0.15) is 23.4 Å². The van der Waals surface area contributed by atoms with Gasteiger partial charge >= 0.3 is 0 Å². The van der Waals surface area contributed by atoms with Gasteiger partial charge in [-0.25, -0.2) is 4.98 Å². The monoisotopic (exact) mass is 351 g/mol. The van der Waals surface area contributed by atoms with Gasteiger partial charge in [-0.1, -0.05) is 30.3 Å². The lowest BCUT2D eigenvalue weighted by Gasteiger charge is -2.21. The van der Waals surface area contributed by atoms with Crippen molar-refractivity contribution in [3.8, 4) is 10.6 Å². The van der Waals surface area contributed by atoms with Crippen LogP contribution in [0.4, 0.5) is 0 Å². The number of carbonyl (C=O) groups is 1. The summed E-state index contributed by atoms with van der Waals surface area (Å²) in [6.07, 6.45) is 2.06. The Morgan fingerprint density at radius 2 is 2.17 bits per heavy atom. The Labute approximate surface area is 147 Å². The van der Waals surface area contributed by atoms with Gasteiger partial charge in [0.2, 0.25) is 5.91 Å². The SMILES string of the molecule is Cc1nc(-c2ccccc2)sc1CNC(=O)C1CCCNC1.Cl. The molecule has 23 heavy (non-hydrogen) atoms. The van der Waals surface area contributed by atoms with E-state index in [9.17, 15) is 4.79 Å². The molecule has 1 aliphatic rings. The molecule has 4 nitrogen and oxygen atoms in total. The number of aryl methyl sites for hydroxylation is 1. The number of benzene rings is 1. The second kappa shape index (κ2) is 8.43. The van der Waals surface area contributed by atoms with Gasteiger partial charge < -0.3 is 10.6 Å². The topological polar surface area (TPSA) is 54.0 Å². The molecule has 1 aromatic carbocycles. The number of thiazole rings is 1. The lowest BCUT2D eigenvalue weighted by Crippen LogP contribution is -2.40. The molecule has 1 fully saturated rings. The molecule has 1 aromatic heterocycles. The second-order valence-corrected chi connectivity index (χ2v) is 6.74. The molecule has 6 heteroatoms. The van der Waals surface area contributed by atoms with Gasteiger partial charge in [0.05, 0.1) is 18.2 Å². The van der Waals surface area contributed by atoms with Gasteiger partial charge in [0.25, 0.3) is 0 Å². The summed E-state index contributed by atoms with van der Waals surface area (Å²) in [7, 11) is 0. The zero-order chi connectivity index (χ0) is 15.4. The molecular weight excluding hydrogens is 330 g/mol. The number of nitrogens with one attached hydrogen (secondary N) is 2. The molecule has 1 saturated heterocycles. The first-order valence-corrected chi connectivity index (χ1v) is 8.56. The van der Waals surface area contributed by atoms with E-state index in [1.807, 2.05) is 25.1 Å². The van der Waals surface area contributed by atoms with Crippen LogP contribution in [0.3, 0.4) is 0 Å². The Kier molecular flexibility index (Phi) is 6.57. The minimum atomic E-state index is 0. The van der Waals surface area contributed by atoms with Crippen molar-refractivity contribution in [3.63, 3.8) is 0 Å². The zero-order valence-electron chi connectivity index (χ0n) is 13.2. The quantitative estimate of drug-likeness (QED) is 0.889. The van der Waals surface area contributed by atoms with E-state index in [4.69, 9.17) is 0 Å². The highest BCUT2D eigenvalue weighted by molar-refractivity contribution is 7.15. The molecule has 0 saturated carbocycles. The molecule has 0 spiro atoms. The van der Waals surface area contributed by atoms with Gasteiger partial charge in [-0.2, -0.15) is 0 Å². The lowest BCUT2D eigenvalue weighted by atomic mass is 9.99. The molecule has 1 atom stereocenters. The van der Waals surface area contributed by atoms with E-state index in [0.29, 0.717) is 6.54 Å². The fourth-order valence-corrected chi connectivity index (χ4v) is 3.69. The maximum absolute atomic E-state index is 12.2. The third-order valence-electron chi connectivity index (χ3n) is 4.00. The smallest absolute Gasteiger partial charge is 0.224 e. The fourth-order valence-electron chi connectivity index (χ4n) is 2.68. The molecule has 2 heterocycles. The first-order chi connectivity index (χ1) is 10.7. The highest BCUT2D eigenvalue weighted by Crippen LogP contribution is 2.27. The van der Waals surface area contributed by atoms with Gasteiger partial charge in [-0.05, 0) is 26.3 Å². The van der Waals surface area contributed by atoms with Crippen molar-refractivity contribution in [2.45, 2.75) is 26.3 Å². The van der Waals surface area contributed by atoms with Crippen LogP contribution >= 0.6 is 23.7 Å². The van der Waals surface area contributed by atoms with E-state index in [1.165, 1.54) is 0 Å². The van der Waals surface area contributed by atoms with Crippen molar-refractivity contribution in [3.05, 3.63) is 40.9 Å². The van der Waals surface area contributed by atoms with Crippen molar-refractivity contribution < 1.29 is 4.79 Å². The highest BCUT2D eigenvalue weighted by atomic mass is 35.5. The summed E-state index contributed by atoms with van der Waals surface area (Å²) in [6, 6.07) is 10.2. The number of aromatic nitrogens is 1. The Bertz CT molecular complexity index is 639. The highest BCUT2D eigenvalue weighted by Gasteiger charge is 2.21. The van der Waals surface area contributed by atoms with Crippen LogP contribution in [0.5, 0.6) is 0 Å². The molecule has 0 aliphatic carbocycles. The number of piperidine rings is 1. The van der Waals surface area contributed by atoms with Crippen LogP contribution in [0.15, 0.2) is 30.3 Å². The first kappa shape index (κ1) is 17.9. The standard InChI is InChI=1S/C17H21N3OS.ClH/c1-12-15(11-19-16(21)14-8-5-9-18-10-14)22-17(20-12)13-6-3-2-4-7-13;/h2-4,6-7,14,18H,5,8-11H2,1H3,(H,19,21);1H. The second-order valence-electron chi connectivity index (χ2n) is 5.65. The minimum Gasteiger partial charge on any atom is -0.351 e. The molecule has 2 N–H and O–H groups in total. The van der Waals surface area contributed by atoms with E-state index in [0.717, 1.165) is 47.1 Å². The predicted molar refractivity (Wildman–Crippen MR) is 97.0 cm³/mol. The molecule has 1 amide bonds. The normalized spacial score (nSPS) is 17.3. The van der Waals surface area contributed by atoms with Crippen LogP contribution in [0.25, 0.3) is 10.6 Å². The van der Waals surface area contributed by atoms with Crippen molar-refractivity contribution in [1.82, 2.24) is 15.6 Å². The van der Waals surface area contributed by atoms with E-state index >= 15 is 0 Å². The largest absolute Gasteiger partial charge is 0.351 e. The molecule has 0 radical (unpaired) electrons. The number of rotatable bonds is 4. The van der Waals surface area contributed by atoms with Gasteiger partial charge in [0.15, 0.2) is 0 Å². The minimum absolute atomic E-state index is 0. The summed E-state index contributed by atoms with van der Waals surface area (Å²) >= 11 is 1.66. The van der Waals surface area contributed by atoms with E-state index in [2.05, 4.69) is 27.8 Å². The van der Waals surface area contributed by atoms with E-state index < -0.39 is 0 Å². The van der Waals surface area contributed by atoms with Crippen molar-refractivity contribution in [2.75, 3.05) is 13.1 Å². The Morgan fingerprint density at radius 3 is 2.87 bits per heavy atom. The van der Waals surface area contributed by atoms with Gasteiger partial charge in [-0.15, -0.1) is 23.7 Å². The first-order valence-electron chi connectivity index (χ1n) is 7.74. The number of halogens is 1. The summed E-state index contributed by atoms with van der Waals surface area (Å²) < 4.78 is 0. The van der Waals surface area contributed by atoms with Gasteiger partial charge in [0, 0.05) is 17.0 Å². The summed E-state index contributed by atoms with van der Waals surface area (Å²) in [5, 5.41) is 7.36. The summed E-state index contributed by atoms with van der Waals surface area (Å²) in [5.41, 5.74) is 2.13. The summed E-state index contributed by atoms with van der Waals surface area (Å²) in [6.45, 7) is 4.40.